The number of ether oxygens (including phenoxy) is 1. The zero-order chi connectivity index (χ0) is 28.8. The van der Waals surface area contributed by atoms with E-state index in [0.29, 0.717) is 24.6 Å². The van der Waals surface area contributed by atoms with E-state index in [2.05, 4.69) is 9.89 Å². The van der Waals surface area contributed by atoms with Gasteiger partial charge in [-0.05, 0) is 59.0 Å². The average Bonchev–Trinajstić information content (AvgIpc) is 2.99. The molecule has 0 bridgehead atoms. The molecule has 5 rings (SSSR count). The van der Waals surface area contributed by atoms with E-state index in [4.69, 9.17) is 15.9 Å². The lowest BCUT2D eigenvalue weighted by atomic mass is 9.91. The molecule has 1 heterocycles. The van der Waals surface area contributed by atoms with Crippen LogP contribution in [0.4, 0.5) is 0 Å². The maximum Gasteiger partial charge on any atom is 0.311 e. The average molecular weight is 585 g/mol. The molecular formula is C34H37ClN4O3. The topological polar surface area (TPSA) is 112 Å². The first-order valence-corrected chi connectivity index (χ1v) is 14.0. The minimum absolute atomic E-state index is 0. The summed E-state index contributed by atoms with van der Waals surface area (Å²) in [6, 6.07) is 29.5. The minimum Gasteiger partial charge on any atom is -0.490 e. The maximum absolute atomic E-state index is 12.3. The predicted octanol–water partition coefficient (Wildman–Crippen LogP) is 6.42. The highest BCUT2D eigenvalue weighted by atomic mass is 35.5. The Balaban J connectivity index is 0.00000405. The first kappa shape index (κ1) is 30.6. The molecule has 1 aliphatic rings. The number of hydrogen-bond donors (Lipinski definition) is 3. The molecule has 8 heteroatoms. The van der Waals surface area contributed by atoms with Gasteiger partial charge in [-0.15, -0.1) is 12.4 Å². The van der Waals surface area contributed by atoms with Crippen molar-refractivity contribution in [3.63, 3.8) is 0 Å². The molecule has 0 aliphatic carbocycles. The molecule has 218 valence electrons. The molecule has 0 spiro atoms. The van der Waals surface area contributed by atoms with Gasteiger partial charge in [0.15, 0.2) is 0 Å². The van der Waals surface area contributed by atoms with Crippen LogP contribution in [0.3, 0.4) is 0 Å². The quantitative estimate of drug-likeness (QED) is 0.155. The van der Waals surface area contributed by atoms with E-state index in [0.717, 1.165) is 64.7 Å². The third-order valence-corrected chi connectivity index (χ3v) is 7.71. The number of likely N-dealkylation sites (tertiary alicyclic amines) is 1. The van der Waals surface area contributed by atoms with E-state index < -0.39 is 11.9 Å². The van der Waals surface area contributed by atoms with E-state index >= 15 is 0 Å². The molecule has 7 nitrogen and oxygen atoms in total. The Labute approximate surface area is 253 Å². The highest BCUT2D eigenvalue weighted by molar-refractivity contribution is 6.01. The van der Waals surface area contributed by atoms with Gasteiger partial charge < -0.3 is 20.5 Å². The number of rotatable bonds is 9. The molecule has 0 saturated carbocycles. The number of amidine groups is 2. The van der Waals surface area contributed by atoms with Gasteiger partial charge in [0.05, 0.1) is 18.3 Å². The largest absolute Gasteiger partial charge is 0.490 e. The molecule has 1 unspecified atom stereocenters. The second-order valence-electron chi connectivity index (χ2n) is 10.6. The van der Waals surface area contributed by atoms with Crippen LogP contribution in [0.1, 0.15) is 47.9 Å². The Hall–Kier alpha value is -4.36. The van der Waals surface area contributed by atoms with Crippen LogP contribution in [0, 0.1) is 5.41 Å². The molecule has 42 heavy (non-hydrogen) atoms. The number of piperidine rings is 1. The van der Waals surface area contributed by atoms with Gasteiger partial charge in [0, 0.05) is 31.5 Å². The molecular weight excluding hydrogens is 548 g/mol. The standard InChI is InChI=1S/C34H36N4O3.ClH/c1-23(35)38-17-15-31(16-18-38)41-30-13-11-27(12-14-30)32(34(39)40)20-25-7-8-26-9-10-28(21-29(26)19-25)33(36)37-22-24-5-3-2-4-6-24;/h2-14,19,21,31-32,35H,15-18,20,22H2,1H3,(H2,36,37)(H,39,40);1H. The van der Waals surface area contributed by atoms with Crippen molar-refractivity contribution in [3.05, 3.63) is 113 Å². The number of nitrogens with one attached hydrogen (secondary N) is 1. The van der Waals surface area contributed by atoms with Crippen molar-refractivity contribution in [2.75, 3.05) is 13.1 Å². The smallest absolute Gasteiger partial charge is 0.311 e. The SMILES string of the molecule is CC(=N)N1CCC(Oc2ccc(C(Cc3ccc4ccc(C(N)=NCc5ccccc5)cc4c3)C(=O)O)cc2)CC1.Cl. The molecule has 4 aromatic rings. The van der Waals surface area contributed by atoms with Crippen molar-refractivity contribution in [1.82, 2.24) is 4.90 Å². The summed E-state index contributed by atoms with van der Waals surface area (Å²) >= 11 is 0. The van der Waals surface area contributed by atoms with E-state index in [-0.39, 0.29) is 18.5 Å². The summed E-state index contributed by atoms with van der Waals surface area (Å²) in [5, 5.41) is 19.9. The number of nitrogens with zero attached hydrogens (tertiary/aromatic N) is 2. The monoisotopic (exact) mass is 584 g/mol. The first-order chi connectivity index (χ1) is 19.9. The number of nitrogens with two attached hydrogens (primary N) is 1. The summed E-state index contributed by atoms with van der Waals surface area (Å²) in [5.41, 5.74) is 9.93. The highest BCUT2D eigenvalue weighted by Crippen LogP contribution is 2.27. The summed E-state index contributed by atoms with van der Waals surface area (Å²) in [4.78, 5) is 18.9. The minimum atomic E-state index is -0.862. The molecule has 0 radical (unpaired) electrons. The van der Waals surface area contributed by atoms with E-state index in [1.807, 2.05) is 97.9 Å². The van der Waals surface area contributed by atoms with Gasteiger partial charge in [0.2, 0.25) is 0 Å². The van der Waals surface area contributed by atoms with Crippen LogP contribution in [-0.4, -0.2) is 46.8 Å². The summed E-state index contributed by atoms with van der Waals surface area (Å²) in [5.74, 6) is 0.270. The lowest BCUT2D eigenvalue weighted by molar-refractivity contribution is -0.138. The number of carbonyl (C=O) groups is 1. The zero-order valence-electron chi connectivity index (χ0n) is 23.7. The Bertz CT molecular complexity index is 1550. The van der Waals surface area contributed by atoms with Gasteiger partial charge in [-0.2, -0.15) is 0 Å². The summed E-state index contributed by atoms with van der Waals surface area (Å²) < 4.78 is 6.15. The van der Waals surface area contributed by atoms with Crippen molar-refractivity contribution in [2.45, 2.75) is 44.8 Å². The van der Waals surface area contributed by atoms with Gasteiger partial charge in [-0.25, -0.2) is 0 Å². The van der Waals surface area contributed by atoms with Gasteiger partial charge in [0.1, 0.15) is 17.7 Å². The van der Waals surface area contributed by atoms with Gasteiger partial charge in [-0.3, -0.25) is 15.2 Å². The fourth-order valence-corrected chi connectivity index (χ4v) is 5.30. The van der Waals surface area contributed by atoms with Crippen LogP contribution in [0.2, 0.25) is 0 Å². The number of aliphatic carboxylic acids is 1. The number of fused-ring (bicyclic) bond motifs is 1. The number of benzene rings is 4. The molecule has 4 aromatic carbocycles. The van der Waals surface area contributed by atoms with Crippen molar-refractivity contribution in [2.24, 2.45) is 10.7 Å². The van der Waals surface area contributed by atoms with E-state index in [9.17, 15) is 9.90 Å². The second-order valence-corrected chi connectivity index (χ2v) is 10.6. The van der Waals surface area contributed by atoms with Gasteiger partial charge in [-0.1, -0.05) is 72.8 Å². The highest BCUT2D eigenvalue weighted by Gasteiger charge is 2.23. The van der Waals surface area contributed by atoms with Crippen LogP contribution in [-0.2, 0) is 17.8 Å². The summed E-state index contributed by atoms with van der Waals surface area (Å²) in [6.45, 7) is 3.96. The number of carboxylic acids is 1. The van der Waals surface area contributed by atoms with Crippen molar-refractivity contribution >= 4 is 40.8 Å². The molecule has 0 amide bonds. The zero-order valence-corrected chi connectivity index (χ0v) is 24.5. The van der Waals surface area contributed by atoms with Gasteiger partial charge >= 0.3 is 5.97 Å². The predicted molar refractivity (Wildman–Crippen MR) is 171 cm³/mol. The molecule has 1 saturated heterocycles. The number of carboxylic acid groups (broad SMARTS) is 1. The fraction of sp³-hybridized carbons (Fsp3) is 0.265. The molecule has 1 aliphatic heterocycles. The Morgan fingerprint density at radius 2 is 1.67 bits per heavy atom. The summed E-state index contributed by atoms with van der Waals surface area (Å²) in [7, 11) is 0. The Kier molecular flexibility index (Phi) is 10.2. The Morgan fingerprint density at radius 3 is 2.33 bits per heavy atom. The van der Waals surface area contributed by atoms with E-state index in [1.165, 1.54) is 0 Å². The fourth-order valence-electron chi connectivity index (χ4n) is 5.30. The van der Waals surface area contributed by atoms with Gasteiger partial charge in [0.25, 0.3) is 0 Å². The molecule has 4 N–H and O–H groups in total. The van der Waals surface area contributed by atoms with Crippen molar-refractivity contribution < 1.29 is 14.6 Å². The van der Waals surface area contributed by atoms with Crippen LogP contribution >= 0.6 is 12.4 Å². The van der Waals surface area contributed by atoms with Crippen LogP contribution in [0.5, 0.6) is 5.75 Å². The van der Waals surface area contributed by atoms with Crippen LogP contribution < -0.4 is 10.5 Å². The van der Waals surface area contributed by atoms with Crippen LogP contribution in [0.15, 0.2) is 96.0 Å². The normalized spacial score (nSPS) is 14.7. The summed E-state index contributed by atoms with van der Waals surface area (Å²) in [6.07, 6.45) is 2.20. The molecule has 1 atom stereocenters. The maximum atomic E-state index is 12.3. The second kappa shape index (κ2) is 14.0. The molecule has 0 aromatic heterocycles. The number of aliphatic imine (C=N–C) groups is 1. The van der Waals surface area contributed by atoms with Crippen molar-refractivity contribution in [1.29, 1.82) is 5.41 Å². The van der Waals surface area contributed by atoms with E-state index in [1.54, 1.807) is 0 Å². The first-order valence-electron chi connectivity index (χ1n) is 14.0. The van der Waals surface area contributed by atoms with Crippen molar-refractivity contribution in [3.8, 4) is 5.75 Å². The number of halogens is 1. The number of hydrogen-bond acceptors (Lipinski definition) is 4. The van der Waals surface area contributed by atoms with Crippen LogP contribution in [0.25, 0.3) is 10.8 Å². The third-order valence-electron chi connectivity index (χ3n) is 7.71. The third kappa shape index (κ3) is 7.68. The Morgan fingerprint density at radius 1 is 0.976 bits per heavy atom. The lowest BCUT2D eigenvalue weighted by Gasteiger charge is -2.32. The molecule has 1 fully saturated rings. The lowest BCUT2D eigenvalue weighted by Crippen LogP contribution is -2.40.